The number of para-hydroxylation sites is 1. The summed E-state index contributed by atoms with van der Waals surface area (Å²) < 4.78 is 2.01. The number of phenols is 2. The first-order valence-corrected chi connectivity index (χ1v) is 16.4. The molecule has 3 atom stereocenters. The zero-order valence-electron chi connectivity index (χ0n) is 25.2. The number of carboxylic acids is 2. The summed E-state index contributed by atoms with van der Waals surface area (Å²) in [7, 11) is 0. The number of nitrogen functional groups attached to an aromatic ring is 1. The molecule has 2 aliphatic rings. The number of fused-ring (bicyclic) bond motifs is 2. The SMILES string of the molecule is Nc1nc(C(ON=CC(=O)N[C@H]2C(=O)N3C(C(=O)O)=C(C=CC[n+]4cccc5ccccc54)CS[C@@H]23)(C(=O)O)c2ccc(O)c(O)c2)cs1. The summed E-state index contributed by atoms with van der Waals surface area (Å²) in [6.07, 6.45) is 6.04. The number of nitrogens with two attached hydrogens (primary N) is 1. The molecule has 0 spiro atoms. The Balaban J connectivity index is 1.16. The Bertz CT molecular complexity index is 2090. The number of allylic oxidation sites excluding steroid dienone is 2. The molecule has 2 aromatic heterocycles. The van der Waals surface area contributed by atoms with Crippen molar-refractivity contribution in [3.63, 3.8) is 0 Å². The highest BCUT2D eigenvalue weighted by molar-refractivity contribution is 8.00. The molecule has 4 heterocycles. The molecular formula is C32H27N6O9S2+. The van der Waals surface area contributed by atoms with Crippen LogP contribution in [0.25, 0.3) is 10.9 Å². The zero-order valence-corrected chi connectivity index (χ0v) is 26.8. The van der Waals surface area contributed by atoms with Gasteiger partial charge in [-0.25, -0.2) is 14.6 Å². The number of nitrogens with one attached hydrogen (secondary N) is 1. The minimum absolute atomic E-state index is 0.00381. The number of amides is 2. The van der Waals surface area contributed by atoms with Crippen molar-refractivity contribution < 1.29 is 49.0 Å². The summed E-state index contributed by atoms with van der Waals surface area (Å²) in [6.45, 7) is 0.465. The van der Waals surface area contributed by atoms with E-state index in [9.17, 15) is 39.6 Å². The number of thiazole rings is 1. The van der Waals surface area contributed by atoms with Crippen molar-refractivity contribution in [2.75, 3.05) is 11.5 Å². The fourth-order valence-corrected chi connectivity index (χ4v) is 7.44. The Hall–Kier alpha value is -5.94. The molecule has 0 radical (unpaired) electrons. The van der Waals surface area contributed by atoms with Gasteiger partial charge >= 0.3 is 17.5 Å². The number of thioether (sulfide) groups is 1. The number of aromatic nitrogens is 2. The number of hydrogen-bond donors (Lipinski definition) is 6. The standard InChI is InChI=1S/C32H26N6O9S2/c33-31-35-23(16-49-31)32(30(45)46,19-9-10-21(39)22(40)13-19)47-34-14-24(41)36-25-27(42)38-26(29(43)44)18(15-48-28(25)38)7-4-12-37-11-3-6-17-5-1-2-8-20(17)37/h1-11,13-14,16,25,28H,12,15H2,(H6-,33,34,35,36,39,40,41,43,44,45,46)/p+1/t25-,28-,32?/m0/s1. The molecular weight excluding hydrogens is 677 g/mol. The lowest BCUT2D eigenvalue weighted by molar-refractivity contribution is -0.661. The molecule has 2 aromatic carbocycles. The number of pyridine rings is 1. The van der Waals surface area contributed by atoms with E-state index >= 15 is 0 Å². The van der Waals surface area contributed by atoms with Gasteiger partial charge in [0.05, 0.1) is 0 Å². The van der Waals surface area contributed by atoms with Gasteiger partial charge in [-0.05, 0) is 42.0 Å². The molecule has 49 heavy (non-hydrogen) atoms. The van der Waals surface area contributed by atoms with Gasteiger partial charge in [0.15, 0.2) is 29.4 Å². The second-order valence-electron chi connectivity index (χ2n) is 10.8. The number of aromatic hydroxyl groups is 2. The summed E-state index contributed by atoms with van der Waals surface area (Å²) in [4.78, 5) is 61.4. The first kappa shape index (κ1) is 33.0. The molecule has 0 aliphatic carbocycles. The number of phenolic OH excluding ortho intramolecular Hbond substituents is 2. The average Bonchev–Trinajstić information content (AvgIpc) is 3.52. The van der Waals surface area contributed by atoms with Gasteiger partial charge in [0, 0.05) is 34.2 Å². The molecule has 2 amide bonds. The topological polar surface area (TPSA) is 229 Å². The van der Waals surface area contributed by atoms with Gasteiger partial charge in [0.1, 0.15) is 29.0 Å². The van der Waals surface area contributed by atoms with Crippen LogP contribution >= 0.6 is 23.1 Å². The first-order valence-electron chi connectivity index (χ1n) is 14.5. The second-order valence-corrected chi connectivity index (χ2v) is 12.8. The predicted molar refractivity (Wildman–Crippen MR) is 177 cm³/mol. The van der Waals surface area contributed by atoms with E-state index in [4.69, 9.17) is 10.6 Å². The Kier molecular flexibility index (Phi) is 8.94. The van der Waals surface area contributed by atoms with Gasteiger partial charge in [-0.15, -0.1) is 23.1 Å². The first-order chi connectivity index (χ1) is 23.5. The number of carbonyl (C=O) groups is 4. The van der Waals surface area contributed by atoms with Crippen LogP contribution in [0.2, 0.25) is 0 Å². The fourth-order valence-electron chi connectivity index (χ4n) is 5.51. The van der Waals surface area contributed by atoms with Crippen LogP contribution in [0, 0.1) is 0 Å². The van der Waals surface area contributed by atoms with E-state index in [2.05, 4.69) is 15.5 Å². The Morgan fingerprint density at radius 3 is 2.63 bits per heavy atom. The third kappa shape index (κ3) is 6.12. The number of aliphatic carboxylic acids is 2. The van der Waals surface area contributed by atoms with Crippen LogP contribution in [0.5, 0.6) is 11.5 Å². The zero-order chi connectivity index (χ0) is 34.9. The lowest BCUT2D eigenvalue weighted by atomic mass is 9.90. The molecule has 0 saturated carbocycles. The average molecular weight is 704 g/mol. The van der Waals surface area contributed by atoms with Crippen molar-refractivity contribution in [1.29, 1.82) is 0 Å². The van der Waals surface area contributed by atoms with E-state index in [-0.39, 0.29) is 27.8 Å². The molecule has 1 fully saturated rings. The molecule has 4 aromatic rings. The van der Waals surface area contributed by atoms with E-state index in [1.807, 2.05) is 53.2 Å². The molecule has 6 rings (SSSR count). The van der Waals surface area contributed by atoms with Crippen molar-refractivity contribution in [2.45, 2.75) is 23.6 Å². The van der Waals surface area contributed by atoms with Gasteiger partial charge in [-0.2, -0.15) is 4.57 Å². The highest BCUT2D eigenvalue weighted by Gasteiger charge is 2.54. The monoisotopic (exact) mass is 703 g/mol. The summed E-state index contributed by atoms with van der Waals surface area (Å²) in [5.74, 6) is -5.40. The van der Waals surface area contributed by atoms with E-state index in [0.29, 0.717) is 18.3 Å². The van der Waals surface area contributed by atoms with Gasteiger partial charge in [0.25, 0.3) is 11.8 Å². The second kappa shape index (κ2) is 13.3. The van der Waals surface area contributed by atoms with Crippen molar-refractivity contribution in [2.24, 2.45) is 5.16 Å². The van der Waals surface area contributed by atoms with E-state index in [0.717, 1.165) is 45.3 Å². The van der Waals surface area contributed by atoms with Gasteiger partial charge in [0.2, 0.25) is 5.52 Å². The molecule has 250 valence electrons. The molecule has 1 unspecified atom stereocenters. The molecule has 7 N–H and O–H groups in total. The van der Waals surface area contributed by atoms with Crippen molar-refractivity contribution in [1.82, 2.24) is 15.2 Å². The Morgan fingerprint density at radius 1 is 1.14 bits per heavy atom. The number of hydrogen-bond acceptors (Lipinski definition) is 12. The summed E-state index contributed by atoms with van der Waals surface area (Å²) in [5.41, 5.74) is 4.07. The van der Waals surface area contributed by atoms with E-state index < -0.39 is 52.3 Å². The maximum Gasteiger partial charge on any atom is 0.362 e. The van der Waals surface area contributed by atoms with Gasteiger partial charge in [-0.3, -0.25) is 14.5 Å². The smallest absolute Gasteiger partial charge is 0.362 e. The van der Waals surface area contributed by atoms with Crippen molar-refractivity contribution >= 4 is 69.1 Å². The van der Waals surface area contributed by atoms with Crippen LogP contribution in [0.4, 0.5) is 5.13 Å². The van der Waals surface area contributed by atoms with Crippen LogP contribution in [-0.4, -0.2) is 77.4 Å². The predicted octanol–water partition coefficient (Wildman–Crippen LogP) is 1.90. The third-order valence-corrected chi connectivity index (χ3v) is 9.81. The minimum atomic E-state index is -2.49. The highest BCUT2D eigenvalue weighted by atomic mass is 32.2. The number of carbonyl (C=O) groups excluding carboxylic acids is 2. The lowest BCUT2D eigenvalue weighted by Gasteiger charge is -2.49. The van der Waals surface area contributed by atoms with Gasteiger partial charge in [-0.1, -0.05) is 23.4 Å². The third-order valence-electron chi connectivity index (χ3n) is 7.83. The number of oxime groups is 1. The number of anilines is 1. The maximum atomic E-state index is 13.1. The molecule has 17 heteroatoms. The number of rotatable bonds is 11. The van der Waals surface area contributed by atoms with Crippen LogP contribution in [0.15, 0.2) is 94.8 Å². The molecule has 1 saturated heterocycles. The van der Waals surface area contributed by atoms with E-state index in [1.54, 1.807) is 6.08 Å². The summed E-state index contributed by atoms with van der Waals surface area (Å²) in [6, 6.07) is 13.8. The fraction of sp³-hybridized carbons (Fsp3) is 0.156. The summed E-state index contributed by atoms with van der Waals surface area (Å²) in [5, 5.41) is 47.7. The minimum Gasteiger partial charge on any atom is -0.504 e. The molecule has 0 bridgehead atoms. The van der Waals surface area contributed by atoms with Gasteiger partial charge < -0.3 is 36.3 Å². The van der Waals surface area contributed by atoms with Crippen molar-refractivity contribution in [3.05, 3.63) is 101 Å². The summed E-state index contributed by atoms with van der Waals surface area (Å²) >= 11 is 2.18. The quantitative estimate of drug-likeness (QED) is 0.0433. The highest BCUT2D eigenvalue weighted by Crippen LogP contribution is 2.41. The van der Waals surface area contributed by atoms with Crippen LogP contribution in [-0.2, 0) is 36.2 Å². The number of benzene rings is 2. The van der Waals surface area contributed by atoms with E-state index in [1.165, 1.54) is 17.1 Å². The molecule has 2 aliphatic heterocycles. The number of nitrogens with zero attached hydrogens (tertiary/aromatic N) is 4. The van der Waals surface area contributed by atoms with Crippen LogP contribution < -0.4 is 15.6 Å². The molecule has 15 nitrogen and oxygen atoms in total. The largest absolute Gasteiger partial charge is 0.504 e. The van der Waals surface area contributed by atoms with Crippen molar-refractivity contribution in [3.8, 4) is 11.5 Å². The normalized spacial score (nSPS) is 18.7. The van der Waals surface area contributed by atoms with Crippen LogP contribution in [0.1, 0.15) is 11.3 Å². The Labute approximate surface area is 285 Å². The maximum absolute atomic E-state index is 13.1. The lowest BCUT2D eigenvalue weighted by Crippen LogP contribution is -2.70. The van der Waals surface area contributed by atoms with Crippen LogP contribution in [0.3, 0.4) is 0 Å². The number of β-lactam (4-membered cyclic amide) rings is 1. The number of carboxylic acid groups (broad SMARTS) is 2. The Morgan fingerprint density at radius 2 is 1.92 bits per heavy atom.